The first-order chi connectivity index (χ1) is 5.59. The number of aryl methyl sites for hydroxylation is 1. The van der Waals surface area contributed by atoms with E-state index in [1.54, 1.807) is 0 Å². The molecular weight excluding hydrogens is 148 g/mol. The first kappa shape index (κ1) is 8.78. The third kappa shape index (κ3) is 2.09. The van der Waals surface area contributed by atoms with Crippen LogP contribution < -0.4 is 5.73 Å². The Balaban J connectivity index is 3.14. The lowest BCUT2D eigenvalue weighted by molar-refractivity contribution is 1.18. The first-order valence-electron chi connectivity index (χ1n) is 3.97. The predicted octanol–water partition coefficient (Wildman–Crippen LogP) is 2.40. The molecule has 0 amide bonds. The van der Waals surface area contributed by atoms with Gasteiger partial charge in [0.25, 0.3) is 0 Å². The molecule has 2 heteroatoms. The number of nitrogen functional groups attached to an aromatic ring is 1. The van der Waals surface area contributed by atoms with Crippen LogP contribution in [-0.4, -0.2) is 4.98 Å². The van der Waals surface area contributed by atoms with E-state index >= 15 is 0 Å². The van der Waals surface area contributed by atoms with Gasteiger partial charge in [-0.3, -0.25) is 4.98 Å². The number of nitrogens with zero attached hydrogens (tertiary/aromatic N) is 1. The second kappa shape index (κ2) is 3.39. The van der Waals surface area contributed by atoms with Gasteiger partial charge in [0, 0.05) is 5.69 Å². The van der Waals surface area contributed by atoms with Crippen LogP contribution in [-0.2, 0) is 0 Å². The van der Waals surface area contributed by atoms with Crippen molar-refractivity contribution in [3.05, 3.63) is 29.1 Å². The molecule has 0 aliphatic rings. The van der Waals surface area contributed by atoms with Gasteiger partial charge >= 0.3 is 0 Å². The summed E-state index contributed by atoms with van der Waals surface area (Å²) in [5, 5.41) is 0. The Hall–Kier alpha value is -1.31. The highest BCUT2D eigenvalue weighted by atomic mass is 14.7. The summed E-state index contributed by atoms with van der Waals surface area (Å²) < 4.78 is 0. The van der Waals surface area contributed by atoms with Gasteiger partial charge in [-0.25, -0.2) is 0 Å². The monoisotopic (exact) mass is 162 g/mol. The number of allylic oxidation sites excluding steroid dienone is 1. The Morgan fingerprint density at radius 1 is 1.42 bits per heavy atom. The number of hydrogen-bond acceptors (Lipinski definition) is 2. The fraction of sp³-hybridized carbons (Fsp3) is 0.300. The molecule has 0 spiro atoms. The van der Waals surface area contributed by atoms with Crippen molar-refractivity contribution in [3.8, 4) is 0 Å². The predicted molar refractivity (Wildman–Crippen MR) is 52.7 cm³/mol. The van der Waals surface area contributed by atoms with Crippen LogP contribution in [0, 0.1) is 6.92 Å². The third-order valence-electron chi connectivity index (χ3n) is 1.52. The maximum Gasteiger partial charge on any atom is 0.0861 e. The van der Waals surface area contributed by atoms with E-state index in [2.05, 4.69) is 4.98 Å². The zero-order chi connectivity index (χ0) is 9.14. The van der Waals surface area contributed by atoms with E-state index in [9.17, 15) is 0 Å². The van der Waals surface area contributed by atoms with Gasteiger partial charge in [0.1, 0.15) is 0 Å². The van der Waals surface area contributed by atoms with Crippen LogP contribution in [0.2, 0.25) is 0 Å². The largest absolute Gasteiger partial charge is 0.397 e. The topological polar surface area (TPSA) is 38.9 Å². The van der Waals surface area contributed by atoms with E-state index in [4.69, 9.17) is 5.73 Å². The minimum absolute atomic E-state index is 0.738. The lowest BCUT2D eigenvalue weighted by Crippen LogP contribution is -1.94. The molecular formula is C10H14N2. The van der Waals surface area contributed by atoms with Gasteiger partial charge in [0.05, 0.1) is 11.4 Å². The van der Waals surface area contributed by atoms with E-state index in [0.717, 1.165) is 17.1 Å². The molecule has 1 aromatic rings. The molecule has 1 rings (SSSR count). The second-order valence-corrected chi connectivity index (χ2v) is 3.15. The van der Waals surface area contributed by atoms with Gasteiger partial charge < -0.3 is 5.73 Å². The normalized spacial score (nSPS) is 9.58. The summed E-state index contributed by atoms with van der Waals surface area (Å²) in [6.07, 6.45) is 1.99. The molecule has 2 N–H and O–H groups in total. The van der Waals surface area contributed by atoms with E-state index in [1.807, 2.05) is 39.0 Å². The zero-order valence-electron chi connectivity index (χ0n) is 7.76. The van der Waals surface area contributed by atoms with Crippen LogP contribution in [0.25, 0.3) is 6.08 Å². The van der Waals surface area contributed by atoms with Crippen molar-refractivity contribution in [2.45, 2.75) is 20.8 Å². The molecule has 0 aromatic carbocycles. The highest BCUT2D eigenvalue weighted by Crippen LogP contribution is 2.12. The molecule has 0 unspecified atom stereocenters. The van der Waals surface area contributed by atoms with Crippen molar-refractivity contribution in [2.75, 3.05) is 5.73 Å². The molecule has 0 saturated heterocycles. The quantitative estimate of drug-likeness (QED) is 0.688. The molecule has 0 aliphatic heterocycles. The summed E-state index contributed by atoms with van der Waals surface area (Å²) in [5.74, 6) is 0. The zero-order valence-corrected chi connectivity index (χ0v) is 7.76. The van der Waals surface area contributed by atoms with Crippen molar-refractivity contribution >= 4 is 11.8 Å². The fourth-order valence-corrected chi connectivity index (χ4v) is 0.977. The van der Waals surface area contributed by atoms with E-state index in [1.165, 1.54) is 5.57 Å². The van der Waals surface area contributed by atoms with Gasteiger partial charge in [0.15, 0.2) is 0 Å². The molecule has 64 valence electrons. The third-order valence-corrected chi connectivity index (χ3v) is 1.52. The number of rotatable bonds is 1. The summed E-state index contributed by atoms with van der Waals surface area (Å²) in [6.45, 7) is 6.02. The number of nitrogens with two attached hydrogens (primary N) is 1. The number of hydrogen-bond donors (Lipinski definition) is 1. The Kier molecular flexibility index (Phi) is 2.48. The molecule has 0 fully saturated rings. The van der Waals surface area contributed by atoms with Crippen LogP contribution in [0.5, 0.6) is 0 Å². The van der Waals surface area contributed by atoms with Crippen molar-refractivity contribution in [2.24, 2.45) is 0 Å². The SMILES string of the molecule is CC(C)=Cc1nc(C)ccc1N. The molecule has 0 aliphatic carbocycles. The Morgan fingerprint density at radius 3 is 2.67 bits per heavy atom. The highest BCUT2D eigenvalue weighted by molar-refractivity contribution is 5.62. The Bertz CT molecular complexity index is 310. The smallest absolute Gasteiger partial charge is 0.0861 e. The van der Waals surface area contributed by atoms with Crippen molar-refractivity contribution in [1.82, 2.24) is 4.98 Å². The lowest BCUT2D eigenvalue weighted by Gasteiger charge is -2.00. The molecule has 12 heavy (non-hydrogen) atoms. The summed E-state index contributed by atoms with van der Waals surface area (Å²) in [7, 11) is 0. The van der Waals surface area contributed by atoms with Crippen LogP contribution in [0.3, 0.4) is 0 Å². The number of aromatic nitrogens is 1. The summed E-state index contributed by atoms with van der Waals surface area (Å²) in [6, 6.07) is 3.80. The molecule has 1 aromatic heterocycles. The minimum atomic E-state index is 0.738. The molecule has 0 atom stereocenters. The van der Waals surface area contributed by atoms with Crippen molar-refractivity contribution < 1.29 is 0 Å². The second-order valence-electron chi connectivity index (χ2n) is 3.15. The van der Waals surface area contributed by atoms with Crippen molar-refractivity contribution in [1.29, 1.82) is 0 Å². The molecule has 2 nitrogen and oxygen atoms in total. The summed E-state index contributed by atoms with van der Waals surface area (Å²) >= 11 is 0. The van der Waals surface area contributed by atoms with Crippen molar-refractivity contribution in [3.63, 3.8) is 0 Å². The van der Waals surface area contributed by atoms with Crippen LogP contribution in [0.15, 0.2) is 17.7 Å². The molecule has 0 saturated carbocycles. The van der Waals surface area contributed by atoms with Gasteiger partial charge in [-0.1, -0.05) is 5.57 Å². The van der Waals surface area contributed by atoms with E-state index in [0.29, 0.717) is 0 Å². The van der Waals surface area contributed by atoms with Crippen LogP contribution in [0.1, 0.15) is 25.2 Å². The van der Waals surface area contributed by atoms with Gasteiger partial charge in [-0.2, -0.15) is 0 Å². The van der Waals surface area contributed by atoms with E-state index < -0.39 is 0 Å². The molecule has 0 radical (unpaired) electrons. The highest BCUT2D eigenvalue weighted by Gasteiger charge is 1.96. The van der Waals surface area contributed by atoms with Crippen LogP contribution in [0.4, 0.5) is 5.69 Å². The lowest BCUT2D eigenvalue weighted by atomic mass is 10.2. The summed E-state index contributed by atoms with van der Waals surface area (Å²) in [4.78, 5) is 4.31. The van der Waals surface area contributed by atoms with Gasteiger partial charge in [-0.15, -0.1) is 0 Å². The maximum absolute atomic E-state index is 5.73. The Labute approximate surface area is 73.1 Å². The number of anilines is 1. The average molecular weight is 162 g/mol. The summed E-state index contributed by atoms with van der Waals surface area (Å²) in [5.41, 5.74) is 9.54. The molecule has 0 bridgehead atoms. The fourth-order valence-electron chi connectivity index (χ4n) is 0.977. The van der Waals surface area contributed by atoms with E-state index in [-0.39, 0.29) is 0 Å². The minimum Gasteiger partial charge on any atom is -0.397 e. The number of pyridine rings is 1. The Morgan fingerprint density at radius 2 is 2.08 bits per heavy atom. The van der Waals surface area contributed by atoms with Gasteiger partial charge in [0.2, 0.25) is 0 Å². The van der Waals surface area contributed by atoms with Gasteiger partial charge in [-0.05, 0) is 39.0 Å². The maximum atomic E-state index is 5.73. The average Bonchev–Trinajstić information content (AvgIpc) is 1.96. The van der Waals surface area contributed by atoms with Crippen LogP contribution >= 0.6 is 0 Å². The molecule has 1 heterocycles. The standard InChI is InChI=1S/C10H14N2/c1-7(2)6-10-9(11)5-4-8(3)12-10/h4-6H,11H2,1-3H3. The first-order valence-corrected chi connectivity index (χ1v) is 3.97.